The Balaban J connectivity index is 1.37. The number of amides is 1. The Bertz CT molecular complexity index is 1130. The first-order valence-corrected chi connectivity index (χ1v) is 11.9. The number of carbonyl (C=O) groups is 1. The number of hydrazone groups is 1. The Morgan fingerprint density at radius 1 is 1.14 bits per heavy atom. The summed E-state index contributed by atoms with van der Waals surface area (Å²) >= 11 is 0. The van der Waals surface area contributed by atoms with Crippen LogP contribution in [0.15, 0.2) is 60.0 Å². The highest BCUT2D eigenvalue weighted by Gasteiger charge is 2.15. The lowest BCUT2D eigenvalue weighted by Crippen LogP contribution is -2.37. The number of anilines is 2. The Hall–Kier alpha value is -3.85. The fourth-order valence-electron chi connectivity index (χ4n) is 3.73. The summed E-state index contributed by atoms with van der Waals surface area (Å²) in [6.45, 7) is 5.45. The van der Waals surface area contributed by atoms with Crippen LogP contribution in [0.25, 0.3) is 0 Å². The second-order valence-electron chi connectivity index (χ2n) is 8.40. The molecule has 0 saturated carbocycles. The molecule has 0 spiro atoms. The number of morpholine rings is 1. The van der Waals surface area contributed by atoms with Crippen LogP contribution in [-0.4, -0.2) is 53.4 Å². The van der Waals surface area contributed by atoms with Crippen LogP contribution >= 0.6 is 0 Å². The van der Waals surface area contributed by atoms with Crippen molar-refractivity contribution in [1.82, 2.24) is 20.3 Å². The minimum Gasteiger partial charge on any atom is -0.378 e. The molecule has 2 N–H and O–H groups in total. The Morgan fingerprint density at radius 2 is 1.97 bits per heavy atom. The third kappa shape index (κ3) is 7.86. The van der Waals surface area contributed by atoms with Crippen LogP contribution in [0.2, 0.25) is 0 Å². The number of carbonyl (C=O) groups excluding carboxylic acids is 1. The van der Waals surface area contributed by atoms with Gasteiger partial charge in [-0.2, -0.15) is 5.10 Å². The van der Waals surface area contributed by atoms with E-state index in [0.717, 1.165) is 30.0 Å². The van der Waals surface area contributed by atoms with Gasteiger partial charge in [0, 0.05) is 50.9 Å². The van der Waals surface area contributed by atoms with Crippen LogP contribution in [-0.2, 0) is 22.5 Å². The number of rotatable bonds is 10. The quantitative estimate of drug-likeness (QED) is 0.344. The molecule has 1 aromatic carbocycles. The van der Waals surface area contributed by atoms with Crippen molar-refractivity contribution >= 4 is 23.8 Å². The molecule has 35 heavy (non-hydrogen) atoms. The van der Waals surface area contributed by atoms with E-state index in [4.69, 9.17) is 9.72 Å². The van der Waals surface area contributed by atoms with Gasteiger partial charge in [-0.25, -0.2) is 9.97 Å². The van der Waals surface area contributed by atoms with E-state index in [0.29, 0.717) is 50.7 Å². The van der Waals surface area contributed by atoms with Gasteiger partial charge in [0.25, 0.3) is 0 Å². The van der Waals surface area contributed by atoms with Crippen molar-refractivity contribution in [3.05, 3.63) is 77.4 Å². The maximum Gasteiger partial charge on any atom is 0.220 e. The summed E-state index contributed by atoms with van der Waals surface area (Å²) in [4.78, 5) is 27.8. The monoisotopic (exact) mass is 473 g/mol. The zero-order valence-electron chi connectivity index (χ0n) is 20.0. The zero-order chi connectivity index (χ0) is 24.3. The van der Waals surface area contributed by atoms with Gasteiger partial charge in [-0.1, -0.05) is 29.8 Å². The van der Waals surface area contributed by atoms with Crippen LogP contribution < -0.4 is 15.6 Å². The van der Waals surface area contributed by atoms with Crippen LogP contribution in [0.4, 0.5) is 11.6 Å². The summed E-state index contributed by atoms with van der Waals surface area (Å²) in [6, 6.07) is 13.8. The van der Waals surface area contributed by atoms with Crippen LogP contribution in [0.3, 0.4) is 0 Å². The van der Waals surface area contributed by atoms with Gasteiger partial charge in [-0.05, 0) is 36.6 Å². The van der Waals surface area contributed by atoms with E-state index < -0.39 is 0 Å². The summed E-state index contributed by atoms with van der Waals surface area (Å²) in [6.07, 6.45) is 6.87. The molecule has 4 rings (SSSR count). The SMILES string of the molecule is Cc1cccc(C=NNc2cc(N3CCOCC3)nc(CCCC(=O)NCc3ccncc3)n2)c1. The normalized spacial score (nSPS) is 13.7. The van der Waals surface area contributed by atoms with E-state index in [-0.39, 0.29) is 5.91 Å². The molecule has 1 fully saturated rings. The zero-order valence-corrected chi connectivity index (χ0v) is 20.0. The molecule has 3 aromatic rings. The van der Waals surface area contributed by atoms with Crippen LogP contribution in [0, 0.1) is 6.92 Å². The third-order valence-electron chi connectivity index (χ3n) is 5.57. The van der Waals surface area contributed by atoms with E-state index >= 15 is 0 Å². The number of benzene rings is 1. The van der Waals surface area contributed by atoms with Gasteiger partial charge in [0.15, 0.2) is 5.82 Å². The summed E-state index contributed by atoms with van der Waals surface area (Å²) in [5, 5.41) is 7.31. The van der Waals surface area contributed by atoms with Crippen molar-refractivity contribution in [1.29, 1.82) is 0 Å². The topological polar surface area (TPSA) is 105 Å². The third-order valence-corrected chi connectivity index (χ3v) is 5.57. The fourth-order valence-corrected chi connectivity index (χ4v) is 3.73. The number of aromatic nitrogens is 3. The lowest BCUT2D eigenvalue weighted by Gasteiger charge is -2.28. The highest BCUT2D eigenvalue weighted by molar-refractivity contribution is 5.80. The van der Waals surface area contributed by atoms with E-state index in [9.17, 15) is 4.79 Å². The Labute approximate surface area is 205 Å². The molecule has 3 heterocycles. The Kier molecular flexibility index (Phi) is 8.72. The Morgan fingerprint density at radius 3 is 2.77 bits per heavy atom. The summed E-state index contributed by atoms with van der Waals surface area (Å²) in [5.41, 5.74) is 6.26. The predicted octanol–water partition coefficient (Wildman–Crippen LogP) is 3.10. The molecule has 9 nitrogen and oxygen atoms in total. The largest absolute Gasteiger partial charge is 0.378 e. The lowest BCUT2D eigenvalue weighted by atomic mass is 10.2. The first-order chi connectivity index (χ1) is 17.2. The molecule has 182 valence electrons. The molecule has 1 amide bonds. The number of hydrogen-bond donors (Lipinski definition) is 2. The number of nitrogens with one attached hydrogen (secondary N) is 2. The van der Waals surface area contributed by atoms with Gasteiger partial charge in [0.1, 0.15) is 11.6 Å². The van der Waals surface area contributed by atoms with E-state index in [2.05, 4.69) is 49.8 Å². The summed E-state index contributed by atoms with van der Waals surface area (Å²) in [7, 11) is 0. The molecule has 0 aliphatic carbocycles. The highest BCUT2D eigenvalue weighted by Crippen LogP contribution is 2.18. The van der Waals surface area contributed by atoms with Gasteiger partial charge in [0.2, 0.25) is 5.91 Å². The molecular weight excluding hydrogens is 442 g/mol. The molecule has 1 saturated heterocycles. The second-order valence-corrected chi connectivity index (χ2v) is 8.40. The molecular formula is C26H31N7O2. The van der Waals surface area contributed by atoms with Gasteiger partial charge >= 0.3 is 0 Å². The molecule has 0 radical (unpaired) electrons. The van der Waals surface area contributed by atoms with Crippen LogP contribution in [0.1, 0.15) is 35.4 Å². The fraction of sp³-hybridized carbons (Fsp3) is 0.346. The average Bonchev–Trinajstić information content (AvgIpc) is 2.89. The van der Waals surface area contributed by atoms with Crippen molar-refractivity contribution in [3.8, 4) is 0 Å². The molecule has 2 aromatic heterocycles. The van der Waals surface area contributed by atoms with Crippen molar-refractivity contribution in [3.63, 3.8) is 0 Å². The maximum absolute atomic E-state index is 12.3. The summed E-state index contributed by atoms with van der Waals surface area (Å²) in [5.74, 6) is 2.16. The molecule has 1 aliphatic rings. The number of hydrogen-bond acceptors (Lipinski definition) is 8. The van der Waals surface area contributed by atoms with E-state index in [1.165, 1.54) is 5.56 Å². The highest BCUT2D eigenvalue weighted by atomic mass is 16.5. The van der Waals surface area contributed by atoms with Gasteiger partial charge < -0.3 is 15.0 Å². The molecule has 1 aliphatic heterocycles. The van der Waals surface area contributed by atoms with Gasteiger partial charge in [0.05, 0.1) is 19.4 Å². The molecule has 0 bridgehead atoms. The summed E-state index contributed by atoms with van der Waals surface area (Å²) < 4.78 is 5.48. The van der Waals surface area contributed by atoms with Crippen LogP contribution in [0.5, 0.6) is 0 Å². The minimum atomic E-state index is 0.00671. The number of ether oxygens (including phenoxy) is 1. The standard InChI is InChI=1S/C26H31N7O2/c1-20-4-2-5-22(16-20)19-29-32-24-17-25(33-12-14-35-15-13-33)31-23(30-24)6-3-7-26(34)28-18-21-8-10-27-11-9-21/h2,4-5,8-11,16-17,19H,3,6-7,12-15,18H2,1H3,(H,28,34)(H,30,31,32). The first-order valence-electron chi connectivity index (χ1n) is 11.9. The smallest absolute Gasteiger partial charge is 0.220 e. The number of nitrogens with zero attached hydrogens (tertiary/aromatic N) is 5. The van der Waals surface area contributed by atoms with Crippen molar-refractivity contribution in [2.24, 2.45) is 5.10 Å². The minimum absolute atomic E-state index is 0.00671. The van der Waals surface area contributed by atoms with E-state index in [1.54, 1.807) is 18.6 Å². The van der Waals surface area contributed by atoms with Gasteiger partial charge in [-0.15, -0.1) is 0 Å². The average molecular weight is 474 g/mol. The number of aryl methyl sites for hydroxylation is 2. The molecule has 0 atom stereocenters. The molecule has 9 heteroatoms. The van der Waals surface area contributed by atoms with Crippen molar-refractivity contribution < 1.29 is 9.53 Å². The lowest BCUT2D eigenvalue weighted by molar-refractivity contribution is -0.121. The van der Waals surface area contributed by atoms with E-state index in [1.807, 2.05) is 30.3 Å². The second kappa shape index (κ2) is 12.6. The first kappa shape index (κ1) is 24.3. The predicted molar refractivity (Wildman–Crippen MR) is 136 cm³/mol. The maximum atomic E-state index is 12.3. The van der Waals surface area contributed by atoms with Gasteiger partial charge in [-0.3, -0.25) is 15.2 Å². The van der Waals surface area contributed by atoms with Crippen molar-refractivity contribution in [2.75, 3.05) is 36.6 Å². The van der Waals surface area contributed by atoms with Crippen molar-refractivity contribution in [2.45, 2.75) is 32.7 Å². The molecule has 0 unspecified atom stereocenters. The number of pyridine rings is 1.